The van der Waals surface area contributed by atoms with Gasteiger partial charge in [0.2, 0.25) is 0 Å². The van der Waals surface area contributed by atoms with E-state index in [0.717, 1.165) is 18.9 Å². The highest BCUT2D eigenvalue weighted by Gasteiger charge is 2.48. The molecular formula is C15H16F3N3O2S. The number of hydrogen-bond donors (Lipinski definition) is 0. The average Bonchev–Trinajstić information content (AvgIpc) is 3.08. The molecule has 130 valence electrons. The Morgan fingerprint density at radius 1 is 1.17 bits per heavy atom. The number of rotatable bonds is 3. The quantitative estimate of drug-likeness (QED) is 0.845. The van der Waals surface area contributed by atoms with Crippen molar-refractivity contribution in [3.8, 4) is 0 Å². The molecule has 0 radical (unpaired) electrons. The third-order valence-corrected chi connectivity index (χ3v) is 5.63. The molecule has 0 N–H and O–H groups in total. The first-order valence-electron chi connectivity index (χ1n) is 7.45. The number of anilines is 1. The second kappa shape index (κ2) is 6.12. The Kier molecular flexibility index (Phi) is 4.29. The van der Waals surface area contributed by atoms with Gasteiger partial charge in [0.25, 0.3) is 9.84 Å². The van der Waals surface area contributed by atoms with Gasteiger partial charge in [0.05, 0.1) is 16.6 Å². The van der Waals surface area contributed by atoms with Crippen molar-refractivity contribution >= 4 is 15.5 Å². The minimum atomic E-state index is -5.39. The van der Waals surface area contributed by atoms with E-state index < -0.39 is 20.2 Å². The van der Waals surface area contributed by atoms with Crippen molar-refractivity contribution in [2.45, 2.75) is 29.3 Å². The van der Waals surface area contributed by atoms with Crippen LogP contribution >= 0.6 is 0 Å². The molecule has 1 aliphatic heterocycles. The SMILES string of the molecule is O=S(=O)(c1ccccc1N1CCCC(n2cccn2)C1)C(F)(F)F. The van der Waals surface area contributed by atoms with Gasteiger partial charge in [-0.25, -0.2) is 8.42 Å². The summed E-state index contributed by atoms with van der Waals surface area (Å²) < 4.78 is 64.3. The molecule has 1 fully saturated rings. The average molecular weight is 359 g/mol. The van der Waals surface area contributed by atoms with Gasteiger partial charge in [-0.1, -0.05) is 12.1 Å². The van der Waals surface area contributed by atoms with Crippen LogP contribution < -0.4 is 4.90 Å². The maximum absolute atomic E-state index is 12.9. The first-order chi connectivity index (χ1) is 11.3. The van der Waals surface area contributed by atoms with E-state index in [0.29, 0.717) is 13.1 Å². The largest absolute Gasteiger partial charge is 0.501 e. The number of hydrogen-bond acceptors (Lipinski definition) is 4. The predicted molar refractivity (Wildman–Crippen MR) is 82.4 cm³/mol. The summed E-state index contributed by atoms with van der Waals surface area (Å²) in [6.07, 6.45) is 5.02. The summed E-state index contributed by atoms with van der Waals surface area (Å²) in [7, 11) is -5.39. The Morgan fingerprint density at radius 2 is 1.92 bits per heavy atom. The molecule has 0 bridgehead atoms. The number of alkyl halides is 3. The Balaban J connectivity index is 1.96. The highest BCUT2D eigenvalue weighted by Crippen LogP contribution is 2.37. The second-order valence-electron chi connectivity index (χ2n) is 5.65. The Bertz CT molecular complexity index is 804. The van der Waals surface area contributed by atoms with Gasteiger partial charge in [0.1, 0.15) is 0 Å². The third-order valence-electron chi connectivity index (χ3n) is 4.10. The summed E-state index contributed by atoms with van der Waals surface area (Å²) in [5.41, 5.74) is -5.23. The van der Waals surface area contributed by atoms with E-state index in [9.17, 15) is 21.6 Å². The molecule has 1 atom stereocenters. The smallest absolute Gasteiger partial charge is 0.368 e. The lowest BCUT2D eigenvalue weighted by molar-refractivity contribution is -0.0435. The third kappa shape index (κ3) is 3.00. The molecule has 0 aliphatic carbocycles. The van der Waals surface area contributed by atoms with E-state index in [1.165, 1.54) is 12.1 Å². The predicted octanol–water partition coefficient (Wildman–Crippen LogP) is 3.02. The first kappa shape index (κ1) is 16.8. The molecule has 0 spiro atoms. The maximum Gasteiger partial charge on any atom is 0.501 e. The number of benzene rings is 1. The van der Waals surface area contributed by atoms with Crippen LogP contribution in [0.25, 0.3) is 0 Å². The second-order valence-corrected chi connectivity index (χ2v) is 7.55. The minimum absolute atomic E-state index is 0.00426. The summed E-state index contributed by atoms with van der Waals surface area (Å²) in [5, 5.41) is 4.17. The van der Waals surface area contributed by atoms with Gasteiger partial charge in [0.15, 0.2) is 0 Å². The van der Waals surface area contributed by atoms with E-state index in [4.69, 9.17) is 0 Å². The van der Waals surface area contributed by atoms with E-state index in [-0.39, 0.29) is 11.7 Å². The number of sulfone groups is 1. The van der Waals surface area contributed by atoms with Crippen molar-refractivity contribution in [2.75, 3.05) is 18.0 Å². The summed E-state index contributed by atoms with van der Waals surface area (Å²) >= 11 is 0. The van der Waals surface area contributed by atoms with Gasteiger partial charge in [-0.3, -0.25) is 4.68 Å². The Morgan fingerprint density at radius 3 is 2.58 bits per heavy atom. The topological polar surface area (TPSA) is 55.2 Å². The molecule has 2 aromatic rings. The van der Waals surface area contributed by atoms with E-state index in [1.54, 1.807) is 34.1 Å². The standard InChI is InChI=1S/C15H16F3N3O2S/c16-15(17,18)24(22,23)14-7-2-1-6-13(14)20-9-3-5-12(11-20)21-10-4-8-19-21/h1-2,4,6-8,10,12H,3,5,9,11H2. The van der Waals surface area contributed by atoms with Crippen LogP contribution in [0.5, 0.6) is 0 Å². The Hall–Kier alpha value is -2.03. The van der Waals surface area contributed by atoms with Gasteiger partial charge in [0, 0.05) is 25.5 Å². The monoisotopic (exact) mass is 359 g/mol. The number of piperidine rings is 1. The molecule has 5 nitrogen and oxygen atoms in total. The van der Waals surface area contributed by atoms with Crippen molar-refractivity contribution in [3.05, 3.63) is 42.7 Å². The number of aromatic nitrogens is 2. The van der Waals surface area contributed by atoms with E-state index in [1.807, 2.05) is 0 Å². The zero-order valence-corrected chi connectivity index (χ0v) is 13.5. The highest BCUT2D eigenvalue weighted by atomic mass is 32.2. The molecule has 0 amide bonds. The molecule has 2 heterocycles. The zero-order valence-electron chi connectivity index (χ0n) is 12.6. The summed E-state index contributed by atoms with van der Waals surface area (Å²) in [6.45, 7) is 0.911. The minimum Gasteiger partial charge on any atom is -0.368 e. The molecule has 3 rings (SSSR count). The van der Waals surface area contributed by atoms with Crippen molar-refractivity contribution in [2.24, 2.45) is 0 Å². The van der Waals surface area contributed by atoms with Crippen molar-refractivity contribution in [1.82, 2.24) is 9.78 Å². The molecule has 1 aliphatic rings. The van der Waals surface area contributed by atoms with Crippen molar-refractivity contribution in [1.29, 1.82) is 0 Å². The molecule has 9 heteroatoms. The van der Waals surface area contributed by atoms with Gasteiger partial charge < -0.3 is 4.90 Å². The fourth-order valence-electron chi connectivity index (χ4n) is 2.96. The van der Waals surface area contributed by atoms with Crippen LogP contribution in [0.3, 0.4) is 0 Å². The van der Waals surface area contributed by atoms with Crippen molar-refractivity contribution < 1.29 is 21.6 Å². The fraction of sp³-hybridized carbons (Fsp3) is 0.400. The number of nitrogens with zero attached hydrogens (tertiary/aromatic N) is 3. The van der Waals surface area contributed by atoms with Gasteiger partial charge in [-0.15, -0.1) is 0 Å². The van der Waals surface area contributed by atoms with Crippen LogP contribution in [0.15, 0.2) is 47.6 Å². The van der Waals surface area contributed by atoms with Gasteiger partial charge in [-0.2, -0.15) is 18.3 Å². The molecule has 1 saturated heterocycles. The summed E-state index contributed by atoms with van der Waals surface area (Å²) in [5.74, 6) is 0. The van der Waals surface area contributed by atoms with Gasteiger partial charge >= 0.3 is 5.51 Å². The molecular weight excluding hydrogens is 343 g/mol. The summed E-state index contributed by atoms with van der Waals surface area (Å²) in [4.78, 5) is 0.993. The van der Waals surface area contributed by atoms with Crippen LogP contribution in [0.1, 0.15) is 18.9 Å². The molecule has 1 aromatic carbocycles. The zero-order chi connectivity index (χ0) is 17.4. The molecule has 1 unspecified atom stereocenters. The van der Waals surface area contributed by atoms with E-state index >= 15 is 0 Å². The fourth-order valence-corrected chi connectivity index (χ4v) is 3.94. The lowest BCUT2D eigenvalue weighted by Gasteiger charge is -2.35. The maximum atomic E-state index is 12.9. The Labute approximate surface area is 137 Å². The van der Waals surface area contributed by atoms with Crippen molar-refractivity contribution in [3.63, 3.8) is 0 Å². The normalized spacial score (nSPS) is 19.5. The van der Waals surface area contributed by atoms with Crippen LogP contribution in [0, 0.1) is 0 Å². The number of para-hydroxylation sites is 1. The molecule has 0 saturated carbocycles. The van der Waals surface area contributed by atoms with E-state index in [2.05, 4.69) is 5.10 Å². The number of halogens is 3. The molecule has 24 heavy (non-hydrogen) atoms. The highest BCUT2D eigenvalue weighted by molar-refractivity contribution is 7.92. The lowest BCUT2D eigenvalue weighted by atomic mass is 10.1. The lowest BCUT2D eigenvalue weighted by Crippen LogP contribution is -2.38. The van der Waals surface area contributed by atoms with Crippen LogP contribution in [0.4, 0.5) is 18.9 Å². The van der Waals surface area contributed by atoms with Crippen LogP contribution in [-0.2, 0) is 9.84 Å². The van der Waals surface area contributed by atoms with Gasteiger partial charge in [-0.05, 0) is 31.0 Å². The van der Waals surface area contributed by atoms with Crippen LogP contribution in [-0.4, -0.2) is 36.8 Å². The first-order valence-corrected chi connectivity index (χ1v) is 8.93. The van der Waals surface area contributed by atoms with Crippen LogP contribution in [0.2, 0.25) is 0 Å². The summed E-state index contributed by atoms with van der Waals surface area (Å²) in [6, 6.07) is 7.05. The molecule has 1 aromatic heterocycles.